The van der Waals surface area contributed by atoms with Gasteiger partial charge < -0.3 is 33.6 Å². The molecule has 0 amide bonds. The van der Waals surface area contributed by atoms with E-state index in [9.17, 15) is 19.5 Å². The van der Waals surface area contributed by atoms with Crippen LogP contribution >= 0.6 is 0 Å². The van der Waals surface area contributed by atoms with Crippen molar-refractivity contribution in [2.24, 2.45) is 0 Å². The van der Waals surface area contributed by atoms with Gasteiger partial charge in [-0.15, -0.1) is 0 Å². The highest BCUT2D eigenvalue weighted by Gasteiger charge is 2.30. The van der Waals surface area contributed by atoms with Crippen LogP contribution in [0.5, 0.6) is 23.0 Å². The molecule has 0 unspecified atom stereocenters. The third kappa shape index (κ3) is 9.49. The first-order valence-electron chi connectivity index (χ1n) is 11.6. The SMILES string of the molecule is COc1c(OC(=O)O)c(C)c(CCCCCCCCCC=O)c(OC(=O)OC(C)(C)C)c1OC. The number of carbonyl (C=O) groups is 3. The van der Waals surface area contributed by atoms with Gasteiger partial charge in [0, 0.05) is 17.5 Å². The maximum absolute atomic E-state index is 12.5. The minimum Gasteiger partial charge on any atom is -0.490 e. The molecule has 0 aliphatic carbocycles. The average Bonchev–Trinajstić information content (AvgIpc) is 2.74. The zero-order chi connectivity index (χ0) is 25.7. The third-order valence-corrected chi connectivity index (χ3v) is 5.11. The van der Waals surface area contributed by atoms with Crippen LogP contribution in [-0.2, 0) is 16.0 Å². The highest BCUT2D eigenvalue weighted by molar-refractivity contribution is 5.75. The normalized spacial score (nSPS) is 11.0. The lowest BCUT2D eigenvalue weighted by Gasteiger charge is -2.23. The predicted molar refractivity (Wildman–Crippen MR) is 127 cm³/mol. The Kier molecular flexibility index (Phi) is 12.2. The Labute approximate surface area is 201 Å². The third-order valence-electron chi connectivity index (χ3n) is 5.11. The molecule has 0 aliphatic heterocycles. The second-order valence-corrected chi connectivity index (χ2v) is 8.94. The van der Waals surface area contributed by atoms with Crippen molar-refractivity contribution in [1.29, 1.82) is 0 Å². The van der Waals surface area contributed by atoms with Crippen LogP contribution in [0.4, 0.5) is 9.59 Å². The van der Waals surface area contributed by atoms with Crippen molar-refractivity contribution in [3.05, 3.63) is 11.1 Å². The molecule has 0 bridgehead atoms. The number of unbranched alkanes of at least 4 members (excludes halogenated alkanes) is 7. The molecule has 0 atom stereocenters. The molecule has 0 spiro atoms. The minimum atomic E-state index is -1.50. The van der Waals surface area contributed by atoms with Gasteiger partial charge in [0.25, 0.3) is 0 Å². The topological polar surface area (TPSA) is 118 Å². The smallest absolute Gasteiger partial charge is 0.490 e. The predicted octanol–water partition coefficient (Wildman–Crippen LogP) is 6.25. The molecule has 1 N–H and O–H groups in total. The summed E-state index contributed by atoms with van der Waals surface area (Å²) in [7, 11) is 2.71. The van der Waals surface area contributed by atoms with Crippen LogP contribution in [0.15, 0.2) is 0 Å². The van der Waals surface area contributed by atoms with Gasteiger partial charge in [-0.3, -0.25) is 0 Å². The molecular weight excluding hydrogens is 444 g/mol. The summed E-state index contributed by atoms with van der Waals surface area (Å²) in [6.45, 7) is 6.85. The molecule has 0 heterocycles. The summed E-state index contributed by atoms with van der Waals surface area (Å²) in [5, 5.41) is 9.22. The largest absolute Gasteiger partial charge is 0.514 e. The van der Waals surface area contributed by atoms with Crippen molar-refractivity contribution in [3.63, 3.8) is 0 Å². The fourth-order valence-corrected chi connectivity index (χ4v) is 3.58. The molecule has 1 rings (SSSR count). The van der Waals surface area contributed by atoms with Gasteiger partial charge in [0.1, 0.15) is 11.9 Å². The Morgan fingerprint density at radius 3 is 1.85 bits per heavy atom. The van der Waals surface area contributed by atoms with E-state index in [2.05, 4.69) is 0 Å². The Morgan fingerprint density at radius 2 is 1.35 bits per heavy atom. The molecule has 9 nitrogen and oxygen atoms in total. The average molecular weight is 483 g/mol. The molecular formula is C25H38O9. The molecule has 0 fully saturated rings. The number of ether oxygens (including phenoxy) is 5. The van der Waals surface area contributed by atoms with E-state index in [1.54, 1.807) is 27.7 Å². The van der Waals surface area contributed by atoms with Crippen molar-refractivity contribution in [2.45, 2.75) is 91.1 Å². The lowest BCUT2D eigenvalue weighted by atomic mass is 9.98. The zero-order valence-electron chi connectivity index (χ0n) is 21.2. The number of carboxylic acid groups (broad SMARTS) is 1. The van der Waals surface area contributed by atoms with Crippen LogP contribution in [0.25, 0.3) is 0 Å². The van der Waals surface area contributed by atoms with Crippen LogP contribution < -0.4 is 18.9 Å². The number of hydrogen-bond acceptors (Lipinski definition) is 8. The Balaban J connectivity index is 3.15. The van der Waals surface area contributed by atoms with E-state index in [1.165, 1.54) is 14.2 Å². The molecule has 0 radical (unpaired) electrons. The molecule has 0 saturated heterocycles. The molecule has 0 aromatic heterocycles. The van der Waals surface area contributed by atoms with Crippen molar-refractivity contribution < 1.29 is 43.2 Å². The highest BCUT2D eigenvalue weighted by Crippen LogP contribution is 2.50. The number of aldehydes is 1. The summed E-state index contributed by atoms with van der Waals surface area (Å²) >= 11 is 0. The summed E-state index contributed by atoms with van der Waals surface area (Å²) < 4.78 is 26.7. The van der Waals surface area contributed by atoms with Crippen molar-refractivity contribution in [2.75, 3.05) is 14.2 Å². The van der Waals surface area contributed by atoms with E-state index in [4.69, 9.17) is 23.7 Å². The molecule has 34 heavy (non-hydrogen) atoms. The highest BCUT2D eigenvalue weighted by atomic mass is 16.7. The van der Waals surface area contributed by atoms with Crippen LogP contribution in [0.3, 0.4) is 0 Å². The molecule has 0 saturated carbocycles. The lowest BCUT2D eigenvalue weighted by Crippen LogP contribution is -2.26. The number of carbonyl (C=O) groups excluding carboxylic acids is 2. The number of rotatable bonds is 14. The molecule has 9 heteroatoms. The molecule has 1 aromatic rings. The van der Waals surface area contributed by atoms with Gasteiger partial charge in [0.05, 0.1) is 14.2 Å². The van der Waals surface area contributed by atoms with E-state index < -0.39 is 17.9 Å². The minimum absolute atomic E-state index is 0.00596. The summed E-state index contributed by atoms with van der Waals surface area (Å²) in [5.41, 5.74) is 0.306. The fraction of sp³-hybridized carbons (Fsp3) is 0.640. The first-order valence-corrected chi connectivity index (χ1v) is 11.6. The fourth-order valence-electron chi connectivity index (χ4n) is 3.58. The van der Waals surface area contributed by atoms with Gasteiger partial charge in [-0.2, -0.15) is 0 Å². The maximum Gasteiger partial charge on any atom is 0.514 e. The maximum atomic E-state index is 12.5. The second kappa shape index (κ2) is 14.3. The first kappa shape index (κ1) is 29.1. The van der Waals surface area contributed by atoms with Crippen molar-refractivity contribution >= 4 is 18.6 Å². The van der Waals surface area contributed by atoms with Gasteiger partial charge in [-0.25, -0.2) is 9.59 Å². The van der Waals surface area contributed by atoms with E-state index in [0.29, 0.717) is 24.0 Å². The standard InChI is InChI=1S/C25H38O9/c1-17-18(15-13-11-9-7-8-10-12-14-16-26)20(33-24(29)34-25(2,3)4)22(31-6)21(30-5)19(17)32-23(27)28/h16H,7-15H2,1-6H3,(H,27,28). The summed E-state index contributed by atoms with van der Waals surface area (Å²) in [6.07, 6.45) is 6.50. The molecule has 1 aromatic carbocycles. The lowest BCUT2D eigenvalue weighted by molar-refractivity contribution is -0.107. The Bertz CT molecular complexity index is 825. The molecule has 0 aliphatic rings. The van der Waals surface area contributed by atoms with E-state index in [0.717, 1.165) is 51.2 Å². The monoisotopic (exact) mass is 482 g/mol. The Morgan fingerprint density at radius 1 is 0.824 bits per heavy atom. The van der Waals surface area contributed by atoms with Crippen molar-refractivity contribution in [1.82, 2.24) is 0 Å². The number of hydrogen-bond donors (Lipinski definition) is 1. The van der Waals surface area contributed by atoms with Crippen LogP contribution in [0, 0.1) is 6.92 Å². The summed E-state index contributed by atoms with van der Waals surface area (Å²) in [4.78, 5) is 34.1. The number of benzene rings is 1. The van der Waals surface area contributed by atoms with E-state index >= 15 is 0 Å². The molecule has 192 valence electrons. The summed E-state index contributed by atoms with van der Waals surface area (Å²) in [6, 6.07) is 0. The van der Waals surface area contributed by atoms with Crippen LogP contribution in [0.1, 0.15) is 83.3 Å². The first-order chi connectivity index (χ1) is 16.1. The van der Waals surface area contributed by atoms with E-state index in [-0.39, 0.29) is 23.0 Å². The van der Waals surface area contributed by atoms with Crippen molar-refractivity contribution in [3.8, 4) is 23.0 Å². The zero-order valence-corrected chi connectivity index (χ0v) is 21.2. The Hall–Kier alpha value is -2.97. The second-order valence-electron chi connectivity index (χ2n) is 8.94. The summed E-state index contributed by atoms with van der Waals surface area (Å²) in [5.74, 6) is 0.187. The van der Waals surface area contributed by atoms with Gasteiger partial charge >= 0.3 is 12.3 Å². The number of methoxy groups -OCH3 is 2. The quantitative estimate of drug-likeness (QED) is 0.142. The van der Waals surface area contributed by atoms with E-state index in [1.807, 2.05) is 0 Å². The van der Waals surface area contributed by atoms with Crippen LogP contribution in [0.2, 0.25) is 0 Å². The van der Waals surface area contributed by atoms with Gasteiger partial charge in [0.15, 0.2) is 11.5 Å². The van der Waals surface area contributed by atoms with Gasteiger partial charge in [0.2, 0.25) is 11.5 Å². The van der Waals surface area contributed by atoms with Gasteiger partial charge in [-0.05, 0) is 47.0 Å². The van der Waals surface area contributed by atoms with Crippen LogP contribution in [-0.4, -0.2) is 43.5 Å². The van der Waals surface area contributed by atoms with Gasteiger partial charge in [-0.1, -0.05) is 32.1 Å².